The van der Waals surface area contributed by atoms with E-state index < -0.39 is 18.6 Å². The number of carbonyl (C=O) groups is 1. The molecule has 8 heteroatoms. The Morgan fingerprint density at radius 2 is 1.75 bits per heavy atom. The van der Waals surface area contributed by atoms with E-state index in [-0.39, 0.29) is 40.0 Å². The molecule has 0 unspecified atom stereocenters. The Balaban J connectivity index is 1.86. The molecular weight excluding hydrogens is 423 g/mol. The predicted molar refractivity (Wildman–Crippen MR) is 112 cm³/mol. The molecule has 1 amide bonds. The fourth-order valence-corrected chi connectivity index (χ4v) is 3.52. The second-order valence-corrected chi connectivity index (χ2v) is 7.29. The van der Waals surface area contributed by atoms with E-state index in [9.17, 15) is 22.8 Å². The van der Waals surface area contributed by atoms with Crippen LogP contribution >= 0.6 is 0 Å². The van der Waals surface area contributed by atoms with Gasteiger partial charge in [0.1, 0.15) is 18.1 Å². The normalized spacial score (nSPS) is 11.6. The maximum absolute atomic E-state index is 13.2. The second kappa shape index (κ2) is 8.37. The Labute approximate surface area is 180 Å². The Kier molecular flexibility index (Phi) is 5.61. The van der Waals surface area contributed by atoms with Crippen LogP contribution in [-0.2, 0) is 6.54 Å². The van der Waals surface area contributed by atoms with Crippen LogP contribution in [-0.4, -0.2) is 23.5 Å². The molecule has 2 aromatic heterocycles. The summed E-state index contributed by atoms with van der Waals surface area (Å²) in [7, 11) is 0. The van der Waals surface area contributed by atoms with E-state index in [1.54, 1.807) is 37.3 Å². The molecule has 32 heavy (non-hydrogen) atoms. The topological polar surface area (TPSA) is 63.7 Å². The molecule has 0 radical (unpaired) electrons. The molecule has 0 saturated carbocycles. The summed E-state index contributed by atoms with van der Waals surface area (Å²) >= 11 is 0. The van der Waals surface area contributed by atoms with E-state index >= 15 is 0 Å². The maximum atomic E-state index is 13.2. The molecule has 2 aromatic carbocycles. The number of hydrogen-bond acceptors (Lipinski definition) is 4. The van der Waals surface area contributed by atoms with E-state index in [1.165, 1.54) is 36.6 Å². The third-order valence-electron chi connectivity index (χ3n) is 5.00. The minimum absolute atomic E-state index is 0.0569. The van der Waals surface area contributed by atoms with Gasteiger partial charge < -0.3 is 13.7 Å². The zero-order chi connectivity index (χ0) is 22.9. The van der Waals surface area contributed by atoms with Crippen LogP contribution in [0.3, 0.4) is 0 Å². The molecule has 0 aliphatic rings. The number of furan rings is 1. The molecule has 0 spiro atoms. The summed E-state index contributed by atoms with van der Waals surface area (Å²) in [5.41, 5.74) is 0.421. The van der Waals surface area contributed by atoms with Crippen LogP contribution in [0.15, 0.2) is 80.6 Å². The summed E-state index contributed by atoms with van der Waals surface area (Å²) in [5.74, 6) is -0.461. The van der Waals surface area contributed by atoms with Crippen molar-refractivity contribution in [1.82, 2.24) is 4.90 Å². The number of amides is 1. The van der Waals surface area contributed by atoms with Gasteiger partial charge in [0.05, 0.1) is 23.8 Å². The van der Waals surface area contributed by atoms with Crippen LogP contribution in [0.5, 0.6) is 0 Å². The third kappa shape index (κ3) is 4.30. The van der Waals surface area contributed by atoms with E-state index in [1.807, 2.05) is 0 Å². The number of para-hydroxylation sites is 1. The molecule has 2 heterocycles. The second-order valence-electron chi connectivity index (χ2n) is 7.29. The Hall–Kier alpha value is -3.81. The Morgan fingerprint density at radius 1 is 1.00 bits per heavy atom. The molecule has 0 atom stereocenters. The van der Waals surface area contributed by atoms with Gasteiger partial charge in [-0.1, -0.05) is 36.4 Å². The van der Waals surface area contributed by atoms with Gasteiger partial charge in [0.15, 0.2) is 11.0 Å². The number of fused-ring (bicyclic) bond motifs is 1. The summed E-state index contributed by atoms with van der Waals surface area (Å²) < 4.78 is 50.8. The van der Waals surface area contributed by atoms with Crippen LogP contribution in [0.25, 0.3) is 22.3 Å². The number of nitrogens with zero attached hydrogens (tertiary/aromatic N) is 1. The van der Waals surface area contributed by atoms with E-state index in [0.29, 0.717) is 16.0 Å². The molecule has 0 bridgehead atoms. The monoisotopic (exact) mass is 441 g/mol. The van der Waals surface area contributed by atoms with Crippen LogP contribution < -0.4 is 5.43 Å². The SMILES string of the molecule is Cc1c(-c2ccccc2)oc2c(C(=O)N(Cc3ccco3)CC(F)(F)F)cccc2c1=O. The van der Waals surface area contributed by atoms with Gasteiger partial charge in [0.2, 0.25) is 0 Å². The predicted octanol–water partition coefficient (Wildman–Crippen LogP) is 5.57. The molecule has 0 aliphatic carbocycles. The van der Waals surface area contributed by atoms with Crippen molar-refractivity contribution in [3.05, 3.63) is 94.0 Å². The molecule has 5 nitrogen and oxygen atoms in total. The first-order valence-corrected chi connectivity index (χ1v) is 9.75. The van der Waals surface area contributed by atoms with Crippen molar-refractivity contribution >= 4 is 16.9 Å². The number of halogens is 3. The van der Waals surface area contributed by atoms with Crippen LogP contribution in [0.4, 0.5) is 13.2 Å². The number of alkyl halides is 3. The first kappa shape index (κ1) is 21.4. The third-order valence-corrected chi connectivity index (χ3v) is 5.00. The van der Waals surface area contributed by atoms with Crippen molar-refractivity contribution in [2.24, 2.45) is 0 Å². The lowest BCUT2D eigenvalue weighted by Crippen LogP contribution is -2.38. The quantitative estimate of drug-likeness (QED) is 0.406. The van der Waals surface area contributed by atoms with E-state index in [4.69, 9.17) is 8.83 Å². The highest BCUT2D eigenvalue weighted by Crippen LogP contribution is 2.29. The minimum atomic E-state index is -4.63. The van der Waals surface area contributed by atoms with Gasteiger partial charge >= 0.3 is 6.18 Å². The lowest BCUT2D eigenvalue weighted by atomic mass is 10.0. The number of rotatable bonds is 5. The van der Waals surface area contributed by atoms with E-state index in [0.717, 1.165) is 0 Å². The molecule has 0 saturated heterocycles. The molecule has 164 valence electrons. The lowest BCUT2D eigenvalue weighted by Gasteiger charge is -2.23. The minimum Gasteiger partial charge on any atom is -0.467 e. The molecule has 0 N–H and O–H groups in total. The molecule has 4 rings (SSSR count). The number of benzene rings is 2. The number of hydrogen-bond donors (Lipinski definition) is 0. The van der Waals surface area contributed by atoms with Crippen molar-refractivity contribution < 1.29 is 26.8 Å². The summed E-state index contributed by atoms with van der Waals surface area (Å²) in [4.78, 5) is 26.8. The summed E-state index contributed by atoms with van der Waals surface area (Å²) in [6.07, 6.45) is -3.31. The standard InChI is InChI=1S/C24H18F3NO4/c1-15-20(29)18-10-5-11-19(22(18)32-21(15)16-7-3-2-4-8-16)23(30)28(14-24(25,26)27)13-17-9-6-12-31-17/h2-12H,13-14H2,1H3. The summed E-state index contributed by atoms with van der Waals surface area (Å²) in [5, 5.41) is 0.123. The Morgan fingerprint density at radius 3 is 2.41 bits per heavy atom. The van der Waals surface area contributed by atoms with Gasteiger partial charge in [-0.3, -0.25) is 9.59 Å². The highest BCUT2D eigenvalue weighted by molar-refractivity contribution is 6.05. The Bertz CT molecular complexity index is 1310. The van der Waals surface area contributed by atoms with Gasteiger partial charge in [-0.15, -0.1) is 0 Å². The van der Waals surface area contributed by atoms with Crippen LogP contribution in [0.2, 0.25) is 0 Å². The average Bonchev–Trinajstić information content (AvgIpc) is 3.27. The van der Waals surface area contributed by atoms with Crippen molar-refractivity contribution in [1.29, 1.82) is 0 Å². The van der Waals surface area contributed by atoms with Crippen molar-refractivity contribution in [2.75, 3.05) is 6.54 Å². The molecule has 4 aromatic rings. The zero-order valence-corrected chi connectivity index (χ0v) is 17.0. The molecule has 0 fully saturated rings. The van der Waals surface area contributed by atoms with Gasteiger partial charge in [0.25, 0.3) is 5.91 Å². The largest absolute Gasteiger partial charge is 0.467 e. The first-order chi connectivity index (χ1) is 15.2. The van der Waals surface area contributed by atoms with Crippen molar-refractivity contribution in [3.8, 4) is 11.3 Å². The van der Waals surface area contributed by atoms with Gasteiger partial charge in [-0.2, -0.15) is 13.2 Å². The lowest BCUT2D eigenvalue weighted by molar-refractivity contribution is -0.142. The van der Waals surface area contributed by atoms with Crippen molar-refractivity contribution in [2.45, 2.75) is 19.6 Å². The average molecular weight is 441 g/mol. The fraction of sp³-hybridized carbons (Fsp3) is 0.167. The van der Waals surface area contributed by atoms with Gasteiger partial charge in [-0.05, 0) is 31.2 Å². The van der Waals surface area contributed by atoms with Crippen molar-refractivity contribution in [3.63, 3.8) is 0 Å². The maximum Gasteiger partial charge on any atom is 0.406 e. The summed E-state index contributed by atoms with van der Waals surface area (Å²) in [6, 6.07) is 16.1. The van der Waals surface area contributed by atoms with Gasteiger partial charge in [0, 0.05) is 11.1 Å². The highest BCUT2D eigenvalue weighted by Gasteiger charge is 2.34. The number of carbonyl (C=O) groups excluding carboxylic acids is 1. The van der Waals surface area contributed by atoms with Gasteiger partial charge in [-0.25, -0.2) is 0 Å². The van der Waals surface area contributed by atoms with E-state index in [2.05, 4.69) is 0 Å². The molecule has 0 aliphatic heterocycles. The smallest absolute Gasteiger partial charge is 0.406 e. The summed E-state index contributed by atoms with van der Waals surface area (Å²) in [6.45, 7) is -0.261. The fourth-order valence-electron chi connectivity index (χ4n) is 3.52. The van der Waals surface area contributed by atoms with Crippen LogP contribution in [0.1, 0.15) is 21.7 Å². The first-order valence-electron chi connectivity index (χ1n) is 9.75. The zero-order valence-electron chi connectivity index (χ0n) is 17.0. The molecular formula is C24H18F3NO4. The highest BCUT2D eigenvalue weighted by atomic mass is 19.4. The van der Waals surface area contributed by atoms with Crippen LogP contribution in [0, 0.1) is 6.92 Å².